The molecular weight excluding hydrogens is 360 g/mol. The topological polar surface area (TPSA) is 34.1 Å². The van der Waals surface area contributed by atoms with Crippen LogP contribution in [-0.4, -0.2) is 14.2 Å². The maximum absolute atomic E-state index is 12.4. The molecule has 0 bridgehead atoms. The van der Waals surface area contributed by atoms with Crippen LogP contribution in [-0.2, 0) is 20.7 Å². The molecule has 0 aromatic heterocycles. The van der Waals surface area contributed by atoms with Crippen LogP contribution in [0.15, 0.2) is 105 Å². The fourth-order valence-electron chi connectivity index (χ4n) is 2.76. The molecule has 0 aliphatic rings. The second-order valence-electron chi connectivity index (χ2n) is 6.08. The van der Waals surface area contributed by atoms with E-state index < -0.39 is 9.84 Å². The Morgan fingerprint density at radius 1 is 0.692 bits per heavy atom. The van der Waals surface area contributed by atoms with E-state index in [4.69, 9.17) is 0 Å². The molecule has 0 aliphatic carbocycles. The van der Waals surface area contributed by atoms with E-state index in [-0.39, 0.29) is 16.6 Å². The average molecular weight is 384 g/mol. The summed E-state index contributed by atoms with van der Waals surface area (Å²) in [6.45, 7) is 2.00. The third-order valence-corrected chi connectivity index (χ3v) is 8.19. The zero-order valence-corrected chi connectivity index (χ0v) is 16.5. The fourth-order valence-corrected chi connectivity index (χ4v) is 6.30. The Kier molecular flexibility index (Phi) is 6.17. The van der Waals surface area contributed by atoms with Crippen molar-refractivity contribution in [3.63, 3.8) is 0 Å². The summed E-state index contributed by atoms with van der Waals surface area (Å²) in [6.07, 6.45) is 1.57. The van der Waals surface area contributed by atoms with Gasteiger partial charge in [-0.05, 0) is 55.0 Å². The van der Waals surface area contributed by atoms with Crippen molar-refractivity contribution in [2.45, 2.75) is 39.3 Å². The van der Waals surface area contributed by atoms with E-state index in [1.54, 1.807) is 12.1 Å². The first kappa shape index (κ1) is 18.7. The van der Waals surface area contributed by atoms with Crippen molar-refractivity contribution >= 4 is 20.7 Å². The summed E-state index contributed by atoms with van der Waals surface area (Å²) in [5.74, 6) is 0.214. The van der Waals surface area contributed by atoms with Gasteiger partial charge in [0.2, 0.25) is 0 Å². The Hall–Kier alpha value is -2.04. The van der Waals surface area contributed by atoms with Crippen molar-refractivity contribution in [2.24, 2.45) is 0 Å². The highest BCUT2D eigenvalue weighted by molar-refractivity contribution is 7.97. The monoisotopic (exact) mass is 383 g/mol. The second kappa shape index (κ2) is 8.56. The maximum Gasteiger partial charge on any atom is 0.178 e. The van der Waals surface area contributed by atoms with Crippen LogP contribution in [0.3, 0.4) is 0 Å². The van der Waals surface area contributed by atoms with Crippen molar-refractivity contribution in [1.82, 2.24) is 0 Å². The van der Waals surface area contributed by atoms with Gasteiger partial charge in [-0.3, -0.25) is 0 Å². The molecule has 26 heavy (non-hydrogen) atoms. The molecule has 134 valence electrons. The quantitative estimate of drug-likeness (QED) is 0.515. The zero-order chi connectivity index (χ0) is 18.4. The summed E-state index contributed by atoms with van der Waals surface area (Å²) in [7, 11) is -3.44. The van der Waals surface area contributed by atoms with Crippen LogP contribution < -0.4 is 0 Å². The van der Waals surface area contributed by atoms with E-state index in [1.165, 1.54) is 9.79 Å². The van der Waals surface area contributed by atoms with Gasteiger partial charge in [-0.15, -0.1) is 0 Å². The number of rotatable bonds is 7. The molecule has 3 aromatic rings. The Morgan fingerprint density at radius 3 is 1.62 bits per heavy atom. The van der Waals surface area contributed by atoms with E-state index in [0.717, 1.165) is 11.3 Å². The van der Waals surface area contributed by atoms with Gasteiger partial charge in [0.15, 0.2) is 24.5 Å². The third-order valence-electron chi connectivity index (χ3n) is 4.14. The number of hydrogen-bond acceptors (Lipinski definition) is 2. The summed E-state index contributed by atoms with van der Waals surface area (Å²) < 4.78 is 24.8. The number of unbranched alkanes of at least 4 members (excludes halogenated alkanes) is 1. The molecule has 3 rings (SSSR count). The van der Waals surface area contributed by atoms with Crippen molar-refractivity contribution < 1.29 is 8.42 Å². The van der Waals surface area contributed by atoms with Crippen LogP contribution in [0.5, 0.6) is 0 Å². The molecular formula is C22H23O2S2+. The molecule has 0 heterocycles. The summed E-state index contributed by atoms with van der Waals surface area (Å²) in [5, 5.41) is 0. The third kappa shape index (κ3) is 4.37. The summed E-state index contributed by atoms with van der Waals surface area (Å²) in [6, 6.07) is 28.1. The predicted octanol–water partition coefficient (Wildman–Crippen LogP) is 5.36. The predicted molar refractivity (Wildman–Crippen MR) is 108 cm³/mol. The lowest BCUT2D eigenvalue weighted by Crippen LogP contribution is -2.08. The molecule has 0 spiro atoms. The van der Waals surface area contributed by atoms with Gasteiger partial charge in [-0.2, -0.15) is 0 Å². The van der Waals surface area contributed by atoms with Gasteiger partial charge in [0.25, 0.3) is 0 Å². The Morgan fingerprint density at radius 2 is 1.15 bits per heavy atom. The van der Waals surface area contributed by atoms with Gasteiger partial charge >= 0.3 is 0 Å². The van der Waals surface area contributed by atoms with E-state index >= 15 is 0 Å². The highest BCUT2D eigenvalue weighted by Crippen LogP contribution is 2.31. The van der Waals surface area contributed by atoms with Gasteiger partial charge in [-0.1, -0.05) is 49.7 Å². The van der Waals surface area contributed by atoms with Crippen LogP contribution >= 0.6 is 0 Å². The van der Waals surface area contributed by atoms with Crippen LogP contribution in [0.25, 0.3) is 0 Å². The standard InChI is InChI=1S/C22H23O2S2/c1-2-3-18-26(23,24)22-16-14-21(15-17-22)25(19-10-6-4-7-11-19)20-12-8-5-9-13-20/h4-17H,2-3,18H2,1H3/q+1. The summed E-state index contributed by atoms with van der Waals surface area (Å²) in [5.41, 5.74) is 0. The lowest BCUT2D eigenvalue weighted by molar-refractivity contribution is 0.592. The molecule has 0 saturated heterocycles. The van der Waals surface area contributed by atoms with Crippen molar-refractivity contribution in [3.05, 3.63) is 84.9 Å². The Labute approximate surface area is 159 Å². The lowest BCUT2D eigenvalue weighted by Gasteiger charge is -2.09. The fraction of sp³-hybridized carbons (Fsp3) is 0.182. The van der Waals surface area contributed by atoms with Crippen LogP contribution in [0.4, 0.5) is 0 Å². The lowest BCUT2D eigenvalue weighted by atomic mass is 10.4. The van der Waals surface area contributed by atoms with Gasteiger partial charge in [-0.25, -0.2) is 8.42 Å². The van der Waals surface area contributed by atoms with E-state index in [1.807, 2.05) is 55.5 Å². The molecule has 0 amide bonds. The van der Waals surface area contributed by atoms with Crippen molar-refractivity contribution in [1.29, 1.82) is 0 Å². The van der Waals surface area contributed by atoms with Crippen molar-refractivity contribution in [3.8, 4) is 0 Å². The van der Waals surface area contributed by atoms with Crippen LogP contribution in [0.1, 0.15) is 19.8 Å². The molecule has 0 unspecified atom stereocenters. The summed E-state index contributed by atoms with van der Waals surface area (Å²) in [4.78, 5) is 3.98. The van der Waals surface area contributed by atoms with Crippen molar-refractivity contribution in [2.75, 3.05) is 5.75 Å². The zero-order valence-electron chi connectivity index (χ0n) is 14.8. The molecule has 2 nitrogen and oxygen atoms in total. The second-order valence-corrected chi connectivity index (χ2v) is 10.2. The maximum atomic E-state index is 12.4. The number of benzene rings is 3. The molecule has 4 heteroatoms. The van der Waals surface area contributed by atoms with E-state index in [2.05, 4.69) is 24.3 Å². The first-order chi connectivity index (χ1) is 12.6. The van der Waals surface area contributed by atoms with Crippen LogP contribution in [0.2, 0.25) is 0 Å². The minimum absolute atomic E-state index is 0.214. The Balaban J connectivity index is 1.98. The highest BCUT2D eigenvalue weighted by Gasteiger charge is 2.28. The highest BCUT2D eigenvalue weighted by atomic mass is 32.2. The molecule has 0 fully saturated rings. The first-order valence-electron chi connectivity index (χ1n) is 8.79. The largest absolute Gasteiger partial charge is 0.224 e. The average Bonchev–Trinajstić information content (AvgIpc) is 2.69. The molecule has 0 atom stereocenters. The minimum atomic E-state index is -3.19. The van der Waals surface area contributed by atoms with E-state index in [9.17, 15) is 8.42 Å². The molecule has 0 radical (unpaired) electrons. The van der Waals surface area contributed by atoms with Gasteiger partial charge in [0, 0.05) is 0 Å². The molecule has 3 aromatic carbocycles. The SMILES string of the molecule is CCCCS(=O)(=O)c1ccc([S+](c2ccccc2)c2ccccc2)cc1. The summed E-state index contributed by atoms with van der Waals surface area (Å²) >= 11 is 0. The van der Waals surface area contributed by atoms with Gasteiger partial charge in [0.1, 0.15) is 0 Å². The Bertz CT molecular complexity index is 879. The van der Waals surface area contributed by atoms with Crippen LogP contribution in [0, 0.1) is 0 Å². The van der Waals surface area contributed by atoms with Gasteiger partial charge < -0.3 is 0 Å². The van der Waals surface area contributed by atoms with E-state index in [0.29, 0.717) is 11.3 Å². The first-order valence-corrected chi connectivity index (χ1v) is 11.7. The van der Waals surface area contributed by atoms with Gasteiger partial charge in [0.05, 0.1) is 21.5 Å². The molecule has 0 saturated carbocycles. The number of hydrogen-bond donors (Lipinski definition) is 0. The smallest absolute Gasteiger partial charge is 0.178 e. The normalized spacial score (nSPS) is 11.6. The number of sulfone groups is 1. The molecule has 0 N–H and O–H groups in total. The minimum Gasteiger partial charge on any atom is -0.224 e. The molecule has 0 aliphatic heterocycles.